The Labute approximate surface area is 134 Å². The number of hydrogen-bond donors (Lipinski definition) is 0. The molecule has 7 heteroatoms. The van der Waals surface area contributed by atoms with Crippen LogP contribution in [0.2, 0.25) is 5.02 Å². The molecular formula is C14H17Cl2NO3S. The van der Waals surface area contributed by atoms with Gasteiger partial charge in [0.15, 0.2) is 9.84 Å². The van der Waals surface area contributed by atoms with E-state index in [0.29, 0.717) is 23.6 Å². The van der Waals surface area contributed by atoms with Crippen molar-refractivity contribution in [2.24, 2.45) is 0 Å². The van der Waals surface area contributed by atoms with Gasteiger partial charge in [0.2, 0.25) is 5.91 Å². The van der Waals surface area contributed by atoms with Crippen molar-refractivity contribution in [3.8, 4) is 0 Å². The molecule has 21 heavy (non-hydrogen) atoms. The molecule has 1 aliphatic heterocycles. The first-order chi connectivity index (χ1) is 9.95. The second kappa shape index (κ2) is 6.99. The molecular weight excluding hydrogens is 333 g/mol. The number of alkyl halides is 1. The van der Waals surface area contributed by atoms with Gasteiger partial charge in [0.1, 0.15) is 0 Å². The van der Waals surface area contributed by atoms with Crippen LogP contribution in [0.4, 0.5) is 0 Å². The summed E-state index contributed by atoms with van der Waals surface area (Å²) in [5, 5.41) is -0.202. The highest BCUT2D eigenvalue weighted by atomic mass is 35.5. The molecule has 0 saturated carbocycles. The highest BCUT2D eigenvalue weighted by Gasteiger charge is 2.33. The van der Waals surface area contributed by atoms with E-state index in [2.05, 4.69) is 0 Å². The van der Waals surface area contributed by atoms with Crippen LogP contribution in [0.25, 0.3) is 0 Å². The predicted molar refractivity (Wildman–Crippen MR) is 84.5 cm³/mol. The zero-order valence-electron chi connectivity index (χ0n) is 11.5. The van der Waals surface area contributed by atoms with E-state index in [-0.39, 0.29) is 30.5 Å². The molecule has 0 spiro atoms. The number of carbonyl (C=O) groups is 1. The second-order valence-electron chi connectivity index (χ2n) is 4.99. The largest absolute Gasteiger partial charge is 0.342 e. The molecule has 1 fully saturated rings. The summed E-state index contributed by atoms with van der Waals surface area (Å²) in [6, 6.07) is 6.97. The molecule has 1 aromatic carbocycles. The van der Waals surface area contributed by atoms with E-state index >= 15 is 0 Å². The fraction of sp³-hybridized carbons (Fsp3) is 0.500. The number of sulfone groups is 1. The maximum atomic E-state index is 12.5. The van der Waals surface area contributed by atoms with Gasteiger partial charge < -0.3 is 4.90 Å². The Bertz CT molecular complexity index is 618. The van der Waals surface area contributed by atoms with Crippen LogP contribution in [0, 0.1) is 0 Å². The van der Waals surface area contributed by atoms with Gasteiger partial charge in [-0.1, -0.05) is 29.8 Å². The zero-order valence-corrected chi connectivity index (χ0v) is 13.8. The number of rotatable bonds is 3. The number of amides is 1. The summed E-state index contributed by atoms with van der Waals surface area (Å²) in [5.41, 5.74) is 0.616. The summed E-state index contributed by atoms with van der Waals surface area (Å²) in [4.78, 5) is 13.5. The molecule has 1 aromatic rings. The third-order valence-electron chi connectivity index (χ3n) is 3.65. The number of benzene rings is 1. The van der Waals surface area contributed by atoms with Gasteiger partial charge in [-0.25, -0.2) is 8.42 Å². The van der Waals surface area contributed by atoms with Crippen molar-refractivity contribution in [2.75, 3.05) is 24.7 Å². The van der Waals surface area contributed by atoms with Crippen LogP contribution in [0.3, 0.4) is 0 Å². The number of hydrogen-bond acceptors (Lipinski definition) is 3. The molecule has 0 N–H and O–H groups in total. The van der Waals surface area contributed by atoms with Crippen LogP contribution >= 0.6 is 23.2 Å². The molecule has 0 aromatic heterocycles. The molecule has 1 saturated heterocycles. The second-order valence-corrected chi connectivity index (χ2v) is 8.07. The Kier molecular flexibility index (Phi) is 5.52. The first-order valence-corrected chi connectivity index (χ1v) is 9.38. The quantitative estimate of drug-likeness (QED) is 0.788. The molecule has 1 amide bonds. The molecule has 4 nitrogen and oxygen atoms in total. The summed E-state index contributed by atoms with van der Waals surface area (Å²) >= 11 is 11.7. The van der Waals surface area contributed by atoms with Crippen molar-refractivity contribution < 1.29 is 13.2 Å². The van der Waals surface area contributed by atoms with Gasteiger partial charge in [0, 0.05) is 30.4 Å². The van der Waals surface area contributed by atoms with Crippen molar-refractivity contribution in [3.63, 3.8) is 0 Å². The van der Waals surface area contributed by atoms with E-state index in [1.165, 1.54) is 0 Å². The Morgan fingerprint density at radius 2 is 2.00 bits per heavy atom. The lowest BCUT2D eigenvalue weighted by molar-refractivity contribution is -0.130. The summed E-state index contributed by atoms with van der Waals surface area (Å²) in [6.45, 7) is 0.629. The van der Waals surface area contributed by atoms with Gasteiger partial charge in [-0.3, -0.25) is 4.79 Å². The molecule has 0 radical (unpaired) electrons. The third kappa shape index (κ3) is 3.90. The van der Waals surface area contributed by atoms with Gasteiger partial charge in [0.05, 0.1) is 11.0 Å². The first-order valence-electron chi connectivity index (χ1n) is 6.75. The van der Waals surface area contributed by atoms with E-state index in [0.717, 1.165) is 0 Å². The predicted octanol–water partition coefficient (Wildman–Crippen LogP) is 2.66. The topological polar surface area (TPSA) is 54.5 Å². The molecule has 1 heterocycles. The van der Waals surface area contributed by atoms with Crippen molar-refractivity contribution in [2.45, 2.75) is 18.1 Å². The highest BCUT2D eigenvalue weighted by Crippen LogP contribution is 2.33. The fourth-order valence-corrected chi connectivity index (χ4v) is 4.83. The van der Waals surface area contributed by atoms with Crippen LogP contribution in [0.15, 0.2) is 24.3 Å². The average Bonchev–Trinajstić information content (AvgIpc) is 2.58. The van der Waals surface area contributed by atoms with Gasteiger partial charge in [-0.2, -0.15) is 0 Å². The molecule has 1 unspecified atom stereocenters. The SMILES string of the molecule is O=C(CCCl)N1CCC(c2ccccc2Cl)S(=O)(=O)CC1. The van der Waals surface area contributed by atoms with Gasteiger partial charge in [-0.05, 0) is 18.1 Å². The minimum atomic E-state index is -3.33. The van der Waals surface area contributed by atoms with Crippen molar-refractivity contribution in [3.05, 3.63) is 34.9 Å². The standard InChI is InChI=1S/C14H17Cl2NO3S/c15-7-5-14(18)17-8-6-13(21(19,20)10-9-17)11-3-1-2-4-12(11)16/h1-4,13H,5-10H2. The van der Waals surface area contributed by atoms with Crippen LogP contribution < -0.4 is 0 Å². The monoisotopic (exact) mass is 349 g/mol. The van der Waals surface area contributed by atoms with E-state index < -0.39 is 15.1 Å². The Balaban J connectivity index is 2.24. The zero-order chi connectivity index (χ0) is 15.5. The first kappa shape index (κ1) is 16.6. The minimum Gasteiger partial charge on any atom is -0.342 e. The van der Waals surface area contributed by atoms with Crippen LogP contribution in [-0.2, 0) is 14.6 Å². The summed E-state index contributed by atoms with van der Waals surface area (Å²) < 4.78 is 24.9. The lowest BCUT2D eigenvalue weighted by Crippen LogP contribution is -2.33. The number of halogens is 2. The number of nitrogens with zero attached hydrogens (tertiary/aromatic N) is 1. The van der Waals surface area contributed by atoms with Gasteiger partial charge >= 0.3 is 0 Å². The lowest BCUT2D eigenvalue weighted by Gasteiger charge is -2.19. The molecule has 1 aliphatic rings. The van der Waals surface area contributed by atoms with Crippen molar-refractivity contribution in [1.82, 2.24) is 4.90 Å². The summed E-state index contributed by atoms with van der Waals surface area (Å²) in [6.07, 6.45) is 0.596. The van der Waals surface area contributed by atoms with Crippen LogP contribution in [0.1, 0.15) is 23.7 Å². The summed E-state index contributed by atoms with van der Waals surface area (Å²) in [5.74, 6) is 0.104. The molecule has 0 bridgehead atoms. The average molecular weight is 350 g/mol. The van der Waals surface area contributed by atoms with E-state index in [4.69, 9.17) is 23.2 Å². The Morgan fingerprint density at radius 3 is 2.67 bits per heavy atom. The Morgan fingerprint density at radius 1 is 1.29 bits per heavy atom. The van der Waals surface area contributed by atoms with Crippen LogP contribution in [-0.4, -0.2) is 43.9 Å². The minimum absolute atomic E-state index is 0.0447. The number of carbonyl (C=O) groups excluding carboxylic acids is 1. The maximum Gasteiger partial charge on any atom is 0.223 e. The van der Waals surface area contributed by atoms with Crippen LogP contribution in [0.5, 0.6) is 0 Å². The van der Waals surface area contributed by atoms with E-state index in [1.54, 1.807) is 29.2 Å². The van der Waals surface area contributed by atoms with E-state index in [1.807, 2.05) is 0 Å². The molecule has 0 aliphatic carbocycles. The van der Waals surface area contributed by atoms with Gasteiger partial charge in [-0.15, -0.1) is 11.6 Å². The molecule has 116 valence electrons. The van der Waals surface area contributed by atoms with Crippen molar-refractivity contribution >= 4 is 38.9 Å². The maximum absolute atomic E-state index is 12.5. The molecule has 1 atom stereocenters. The van der Waals surface area contributed by atoms with E-state index in [9.17, 15) is 13.2 Å². The summed E-state index contributed by atoms with van der Waals surface area (Å²) in [7, 11) is -3.33. The smallest absolute Gasteiger partial charge is 0.223 e. The Hall–Kier alpha value is -0.780. The highest BCUT2D eigenvalue weighted by molar-refractivity contribution is 7.91. The van der Waals surface area contributed by atoms with Crippen molar-refractivity contribution in [1.29, 1.82) is 0 Å². The fourth-order valence-electron chi connectivity index (χ4n) is 2.52. The normalized spacial score (nSPS) is 21.8. The third-order valence-corrected chi connectivity index (χ3v) is 6.30. The van der Waals surface area contributed by atoms with Gasteiger partial charge in [0.25, 0.3) is 0 Å². The lowest BCUT2D eigenvalue weighted by atomic mass is 10.1. The molecule has 2 rings (SSSR count).